The Labute approximate surface area is 161 Å². The number of amides is 1. The molecule has 2 aliphatic heterocycles. The standard InChI is InChI=1S/C19H28N2O5S/c1-15-13-25-16(2)11-21(15)27(23,24)18-9-6-10-20(12-18)19(22)26-14-17-7-4-3-5-8-17/h3-5,7-8,15-16,18H,6,9-14H2,1-2H3/t15-,16-,18-/m1/s1. The van der Waals surface area contributed by atoms with Gasteiger partial charge < -0.3 is 14.4 Å². The van der Waals surface area contributed by atoms with E-state index in [4.69, 9.17) is 9.47 Å². The van der Waals surface area contributed by atoms with Crippen molar-refractivity contribution in [2.24, 2.45) is 0 Å². The first-order valence-electron chi connectivity index (χ1n) is 9.46. The van der Waals surface area contributed by atoms with Crippen molar-refractivity contribution in [1.82, 2.24) is 9.21 Å². The van der Waals surface area contributed by atoms with Crippen LogP contribution in [0, 0.1) is 0 Å². The SMILES string of the molecule is C[C@@H]1CN(S(=O)(=O)[C@@H]2CCCN(C(=O)OCc3ccccc3)C2)[C@H](C)CO1. The first-order valence-corrected chi connectivity index (χ1v) is 11.0. The molecule has 0 radical (unpaired) electrons. The van der Waals surface area contributed by atoms with Crippen LogP contribution in [0.25, 0.3) is 0 Å². The topological polar surface area (TPSA) is 76.2 Å². The van der Waals surface area contributed by atoms with Crippen LogP contribution in [0.4, 0.5) is 4.79 Å². The second kappa shape index (κ2) is 8.58. The van der Waals surface area contributed by atoms with Gasteiger partial charge in [-0.15, -0.1) is 0 Å². The van der Waals surface area contributed by atoms with Crippen LogP contribution in [-0.4, -0.2) is 67.4 Å². The summed E-state index contributed by atoms with van der Waals surface area (Å²) in [6, 6.07) is 9.26. The van der Waals surface area contributed by atoms with Gasteiger partial charge in [0, 0.05) is 25.7 Å². The molecule has 8 heteroatoms. The highest BCUT2D eigenvalue weighted by Crippen LogP contribution is 2.25. The molecule has 7 nitrogen and oxygen atoms in total. The zero-order valence-electron chi connectivity index (χ0n) is 15.9. The molecule has 0 aromatic heterocycles. The smallest absolute Gasteiger partial charge is 0.410 e. The molecule has 3 atom stereocenters. The highest BCUT2D eigenvalue weighted by atomic mass is 32.2. The highest BCUT2D eigenvalue weighted by molar-refractivity contribution is 7.89. The summed E-state index contributed by atoms with van der Waals surface area (Å²) in [5.74, 6) is 0. The van der Waals surface area contributed by atoms with Gasteiger partial charge in [0.15, 0.2) is 0 Å². The molecule has 0 N–H and O–H groups in total. The highest BCUT2D eigenvalue weighted by Gasteiger charge is 2.41. The Morgan fingerprint density at radius 2 is 1.96 bits per heavy atom. The van der Waals surface area contributed by atoms with Crippen LogP contribution in [0.15, 0.2) is 30.3 Å². The molecule has 1 amide bonds. The number of hydrogen-bond acceptors (Lipinski definition) is 5. The van der Waals surface area contributed by atoms with Crippen molar-refractivity contribution >= 4 is 16.1 Å². The van der Waals surface area contributed by atoms with Gasteiger partial charge in [0.05, 0.1) is 18.0 Å². The van der Waals surface area contributed by atoms with Gasteiger partial charge in [-0.25, -0.2) is 13.2 Å². The molecule has 2 heterocycles. The Hall–Kier alpha value is -1.64. The Morgan fingerprint density at radius 1 is 1.22 bits per heavy atom. The molecule has 3 rings (SSSR count). The second-order valence-electron chi connectivity index (χ2n) is 7.36. The molecule has 2 fully saturated rings. The number of nitrogens with zero attached hydrogens (tertiary/aromatic N) is 2. The maximum Gasteiger partial charge on any atom is 0.410 e. The van der Waals surface area contributed by atoms with Gasteiger partial charge in [-0.05, 0) is 32.3 Å². The number of sulfonamides is 1. The van der Waals surface area contributed by atoms with Crippen LogP contribution in [-0.2, 0) is 26.1 Å². The minimum absolute atomic E-state index is 0.119. The monoisotopic (exact) mass is 396 g/mol. The summed E-state index contributed by atoms with van der Waals surface area (Å²) in [6.07, 6.45) is 0.635. The Balaban J connectivity index is 1.61. The van der Waals surface area contributed by atoms with Crippen molar-refractivity contribution < 1.29 is 22.7 Å². The summed E-state index contributed by atoms with van der Waals surface area (Å²) in [7, 11) is -3.50. The van der Waals surface area contributed by atoms with E-state index in [-0.39, 0.29) is 25.3 Å². The summed E-state index contributed by atoms with van der Waals surface area (Å²) in [5, 5.41) is -0.594. The third kappa shape index (κ3) is 4.80. The van der Waals surface area contributed by atoms with Crippen LogP contribution in [0.3, 0.4) is 0 Å². The van der Waals surface area contributed by atoms with Crippen molar-refractivity contribution in [3.63, 3.8) is 0 Å². The molecule has 0 saturated carbocycles. The summed E-state index contributed by atoms with van der Waals surface area (Å²) < 4.78 is 38.7. The Bertz CT molecular complexity index is 740. The second-order valence-corrected chi connectivity index (χ2v) is 9.52. The zero-order chi connectivity index (χ0) is 19.4. The third-order valence-electron chi connectivity index (χ3n) is 5.14. The minimum Gasteiger partial charge on any atom is -0.445 e. The lowest BCUT2D eigenvalue weighted by Crippen LogP contribution is -2.56. The van der Waals surface area contributed by atoms with E-state index in [1.807, 2.05) is 44.2 Å². The lowest BCUT2D eigenvalue weighted by atomic mass is 10.1. The number of benzene rings is 1. The molecule has 0 spiro atoms. The number of hydrogen-bond donors (Lipinski definition) is 0. The summed E-state index contributed by atoms with van der Waals surface area (Å²) >= 11 is 0. The first-order chi connectivity index (χ1) is 12.9. The average molecular weight is 397 g/mol. The van der Waals surface area contributed by atoms with Gasteiger partial charge in [0.2, 0.25) is 10.0 Å². The molecule has 1 aromatic carbocycles. The number of rotatable bonds is 4. The zero-order valence-corrected chi connectivity index (χ0v) is 16.7. The number of piperidine rings is 1. The van der Waals surface area contributed by atoms with E-state index >= 15 is 0 Å². The number of morpholine rings is 1. The fraction of sp³-hybridized carbons (Fsp3) is 0.632. The summed E-state index contributed by atoms with van der Waals surface area (Å²) in [4.78, 5) is 13.9. The fourth-order valence-electron chi connectivity index (χ4n) is 3.58. The maximum atomic E-state index is 13.1. The number of carbonyl (C=O) groups excluding carboxylic acids is 1. The molecule has 0 aliphatic carbocycles. The van der Waals surface area contributed by atoms with Crippen LogP contribution < -0.4 is 0 Å². The molecule has 0 unspecified atom stereocenters. The molecule has 27 heavy (non-hydrogen) atoms. The van der Waals surface area contributed by atoms with Crippen molar-refractivity contribution in [1.29, 1.82) is 0 Å². The Morgan fingerprint density at radius 3 is 2.70 bits per heavy atom. The predicted octanol–water partition coefficient (Wildman–Crippen LogP) is 2.23. The molecule has 1 aromatic rings. The largest absolute Gasteiger partial charge is 0.445 e. The fourth-order valence-corrected chi connectivity index (χ4v) is 5.77. The van der Waals surface area contributed by atoms with E-state index in [1.165, 1.54) is 4.90 Å². The molecular weight excluding hydrogens is 368 g/mol. The normalized spacial score (nSPS) is 27.3. The maximum absolute atomic E-state index is 13.1. The first kappa shape index (κ1) is 20.1. The van der Waals surface area contributed by atoms with E-state index in [2.05, 4.69) is 0 Å². The average Bonchev–Trinajstić information content (AvgIpc) is 2.68. The van der Waals surface area contributed by atoms with Crippen LogP contribution in [0.2, 0.25) is 0 Å². The van der Waals surface area contributed by atoms with Gasteiger partial charge in [0.1, 0.15) is 6.61 Å². The van der Waals surface area contributed by atoms with Gasteiger partial charge in [0.25, 0.3) is 0 Å². The van der Waals surface area contributed by atoms with Crippen LogP contribution in [0.1, 0.15) is 32.3 Å². The molecule has 0 bridgehead atoms. The Kier molecular flexibility index (Phi) is 6.39. The molecule has 2 aliphatic rings. The lowest BCUT2D eigenvalue weighted by Gasteiger charge is -2.40. The number of ether oxygens (including phenoxy) is 2. The van der Waals surface area contributed by atoms with E-state index in [1.54, 1.807) is 4.31 Å². The summed E-state index contributed by atoms with van der Waals surface area (Å²) in [6.45, 7) is 5.38. The van der Waals surface area contributed by atoms with E-state index in [0.29, 0.717) is 32.5 Å². The molecular formula is C19H28N2O5S. The minimum atomic E-state index is -3.50. The predicted molar refractivity (Wildman–Crippen MR) is 102 cm³/mol. The molecule has 2 saturated heterocycles. The number of carbonyl (C=O) groups is 1. The molecule has 150 valence electrons. The van der Waals surface area contributed by atoms with Crippen molar-refractivity contribution in [3.8, 4) is 0 Å². The quantitative estimate of drug-likeness (QED) is 0.780. The van der Waals surface area contributed by atoms with Crippen LogP contribution >= 0.6 is 0 Å². The van der Waals surface area contributed by atoms with Gasteiger partial charge in [-0.3, -0.25) is 0 Å². The van der Waals surface area contributed by atoms with Crippen molar-refractivity contribution in [3.05, 3.63) is 35.9 Å². The summed E-state index contributed by atoms with van der Waals surface area (Å²) in [5.41, 5.74) is 0.906. The number of likely N-dealkylation sites (tertiary alicyclic amines) is 1. The lowest BCUT2D eigenvalue weighted by molar-refractivity contribution is -0.0176. The van der Waals surface area contributed by atoms with Gasteiger partial charge in [-0.1, -0.05) is 30.3 Å². The van der Waals surface area contributed by atoms with Gasteiger partial charge in [-0.2, -0.15) is 4.31 Å². The van der Waals surface area contributed by atoms with E-state index < -0.39 is 21.4 Å². The van der Waals surface area contributed by atoms with E-state index in [9.17, 15) is 13.2 Å². The third-order valence-corrected chi connectivity index (χ3v) is 7.53. The van der Waals surface area contributed by atoms with Crippen molar-refractivity contribution in [2.75, 3.05) is 26.2 Å². The van der Waals surface area contributed by atoms with E-state index in [0.717, 1.165) is 5.56 Å². The van der Waals surface area contributed by atoms with Crippen molar-refractivity contribution in [2.45, 2.75) is 50.7 Å². The van der Waals surface area contributed by atoms with Gasteiger partial charge >= 0.3 is 6.09 Å². The van der Waals surface area contributed by atoms with Crippen LogP contribution in [0.5, 0.6) is 0 Å².